The number of halogens is 2. The van der Waals surface area contributed by atoms with E-state index in [2.05, 4.69) is 10.3 Å². The molecule has 1 atom stereocenters. The van der Waals surface area contributed by atoms with Gasteiger partial charge < -0.3 is 15.0 Å². The minimum atomic E-state index is -0.387. The summed E-state index contributed by atoms with van der Waals surface area (Å²) in [5, 5.41) is 3.95. The molecule has 5 nitrogen and oxygen atoms in total. The Morgan fingerprint density at radius 1 is 1.12 bits per heavy atom. The van der Waals surface area contributed by atoms with Crippen molar-refractivity contribution < 1.29 is 13.9 Å². The highest BCUT2D eigenvalue weighted by Crippen LogP contribution is 2.31. The van der Waals surface area contributed by atoms with E-state index in [1.165, 1.54) is 12.1 Å². The number of nitrogens with one attached hydrogen (secondary N) is 1. The van der Waals surface area contributed by atoms with Crippen LogP contribution in [0.3, 0.4) is 0 Å². The molecule has 2 aromatic carbocycles. The lowest BCUT2D eigenvalue weighted by molar-refractivity contribution is -0.138. The van der Waals surface area contributed by atoms with E-state index in [4.69, 9.17) is 16.3 Å². The van der Waals surface area contributed by atoms with Crippen LogP contribution in [0.5, 0.6) is 5.75 Å². The topological polar surface area (TPSA) is 54.5 Å². The van der Waals surface area contributed by atoms with Gasteiger partial charge in [-0.1, -0.05) is 35.9 Å². The maximum Gasteiger partial charge on any atom is 0.226 e. The maximum absolute atomic E-state index is 13.8. The van der Waals surface area contributed by atoms with Crippen molar-refractivity contribution in [3.05, 3.63) is 95.0 Å². The molecule has 0 aliphatic carbocycles. The molecule has 1 amide bonds. The lowest BCUT2D eigenvalue weighted by Gasteiger charge is -2.35. The fraction of sp³-hybridized carbons (Fsp3) is 0.308. The molecular formula is C26H27ClFN3O2. The zero-order valence-corrected chi connectivity index (χ0v) is 19.0. The fourth-order valence-electron chi connectivity index (χ4n) is 4.18. The lowest BCUT2D eigenvalue weighted by Crippen LogP contribution is -2.45. The van der Waals surface area contributed by atoms with Gasteiger partial charge in [0.25, 0.3) is 0 Å². The first-order valence-corrected chi connectivity index (χ1v) is 11.6. The zero-order chi connectivity index (χ0) is 23.0. The molecule has 1 aliphatic heterocycles. The van der Waals surface area contributed by atoms with Crippen LogP contribution < -0.4 is 10.1 Å². The number of aromatic nitrogens is 1. The molecule has 1 fully saturated rings. The van der Waals surface area contributed by atoms with Gasteiger partial charge in [0.05, 0.1) is 18.3 Å². The second kappa shape index (κ2) is 11.3. The Balaban J connectivity index is 1.64. The van der Waals surface area contributed by atoms with Gasteiger partial charge in [-0.2, -0.15) is 0 Å². The minimum Gasteiger partial charge on any atom is -0.492 e. The molecule has 1 saturated heterocycles. The molecule has 172 valence electrons. The normalized spacial score (nSPS) is 15.1. The van der Waals surface area contributed by atoms with Gasteiger partial charge in [0.1, 0.15) is 18.2 Å². The van der Waals surface area contributed by atoms with Gasteiger partial charge in [0.2, 0.25) is 5.91 Å². The number of rotatable bonds is 8. The average Bonchev–Trinajstić information content (AvgIpc) is 2.85. The first-order chi connectivity index (χ1) is 16.1. The number of pyridine rings is 1. The van der Waals surface area contributed by atoms with E-state index >= 15 is 0 Å². The van der Waals surface area contributed by atoms with Crippen LogP contribution in [-0.4, -0.2) is 42.0 Å². The molecule has 0 unspecified atom stereocenters. The average molecular weight is 468 g/mol. The van der Waals surface area contributed by atoms with Crippen LogP contribution in [0.4, 0.5) is 4.39 Å². The molecule has 4 rings (SSSR count). The first kappa shape index (κ1) is 23.2. The van der Waals surface area contributed by atoms with Gasteiger partial charge in [-0.25, -0.2) is 4.39 Å². The molecular weight excluding hydrogens is 441 g/mol. The van der Waals surface area contributed by atoms with Crippen molar-refractivity contribution in [3.63, 3.8) is 0 Å². The molecule has 0 spiro atoms. The Morgan fingerprint density at radius 2 is 1.91 bits per heavy atom. The van der Waals surface area contributed by atoms with E-state index in [9.17, 15) is 9.18 Å². The van der Waals surface area contributed by atoms with Gasteiger partial charge in [-0.3, -0.25) is 9.78 Å². The van der Waals surface area contributed by atoms with Crippen LogP contribution in [0.15, 0.2) is 72.9 Å². The van der Waals surface area contributed by atoms with Crippen molar-refractivity contribution in [1.82, 2.24) is 15.2 Å². The lowest BCUT2D eigenvalue weighted by atomic mass is 9.93. The standard InChI is InChI=1S/C26H27ClFN3O2/c27-21-9-7-19(8-10-21)25(24-6-1-2-13-30-24)31(26(32)20-11-14-29-15-12-20)16-17-33-23-5-3-4-22(28)18-23/h1-10,13,18,20,25,29H,11-12,14-17H2/t25-/m0/s1. The van der Waals surface area contributed by atoms with E-state index in [1.54, 1.807) is 18.3 Å². The molecule has 2 heterocycles. The molecule has 1 N–H and O–H groups in total. The van der Waals surface area contributed by atoms with Crippen molar-refractivity contribution in [2.24, 2.45) is 5.92 Å². The van der Waals surface area contributed by atoms with Gasteiger partial charge in [-0.15, -0.1) is 0 Å². The third kappa shape index (κ3) is 6.09. The van der Waals surface area contributed by atoms with Crippen molar-refractivity contribution in [3.8, 4) is 5.75 Å². The minimum absolute atomic E-state index is 0.0704. The van der Waals surface area contributed by atoms with Gasteiger partial charge in [-0.05, 0) is 67.9 Å². The van der Waals surface area contributed by atoms with Crippen LogP contribution in [0.2, 0.25) is 5.02 Å². The quantitative estimate of drug-likeness (QED) is 0.513. The first-order valence-electron chi connectivity index (χ1n) is 11.2. The van der Waals surface area contributed by atoms with Crippen LogP contribution in [-0.2, 0) is 4.79 Å². The van der Waals surface area contributed by atoms with E-state index < -0.39 is 0 Å². The van der Waals surface area contributed by atoms with E-state index in [-0.39, 0.29) is 30.3 Å². The summed E-state index contributed by atoms with van der Waals surface area (Å²) < 4.78 is 19.4. The Bertz CT molecular complexity index is 1040. The van der Waals surface area contributed by atoms with Crippen LogP contribution in [0, 0.1) is 11.7 Å². The number of carbonyl (C=O) groups is 1. The molecule has 33 heavy (non-hydrogen) atoms. The van der Waals surface area contributed by atoms with Gasteiger partial charge in [0, 0.05) is 23.2 Å². The smallest absolute Gasteiger partial charge is 0.226 e. The van der Waals surface area contributed by atoms with Crippen molar-refractivity contribution in [2.45, 2.75) is 18.9 Å². The van der Waals surface area contributed by atoms with Crippen LogP contribution in [0.25, 0.3) is 0 Å². The second-order valence-electron chi connectivity index (χ2n) is 8.07. The summed E-state index contributed by atoms with van der Waals surface area (Å²) >= 11 is 6.14. The number of hydrogen-bond donors (Lipinski definition) is 1. The molecule has 0 bridgehead atoms. The Labute approximate surface area is 198 Å². The molecule has 1 aromatic heterocycles. The van der Waals surface area contributed by atoms with Gasteiger partial charge in [0.15, 0.2) is 0 Å². The van der Waals surface area contributed by atoms with Crippen molar-refractivity contribution in [1.29, 1.82) is 0 Å². The largest absolute Gasteiger partial charge is 0.492 e. The third-order valence-corrected chi connectivity index (χ3v) is 6.09. The summed E-state index contributed by atoms with van der Waals surface area (Å²) in [5.41, 5.74) is 1.69. The van der Waals surface area contributed by atoms with Crippen LogP contribution in [0.1, 0.15) is 30.1 Å². The molecule has 0 radical (unpaired) electrons. The zero-order valence-electron chi connectivity index (χ0n) is 18.3. The molecule has 3 aromatic rings. The predicted molar refractivity (Wildman–Crippen MR) is 127 cm³/mol. The predicted octanol–water partition coefficient (Wildman–Crippen LogP) is 4.87. The summed E-state index contributed by atoms with van der Waals surface area (Å²) in [5.74, 6) is 0.0803. The Hall–Kier alpha value is -2.96. The number of hydrogen-bond acceptors (Lipinski definition) is 4. The number of carbonyl (C=O) groups excluding carboxylic acids is 1. The van der Waals surface area contributed by atoms with E-state index in [0.29, 0.717) is 17.3 Å². The number of benzene rings is 2. The van der Waals surface area contributed by atoms with E-state index in [1.807, 2.05) is 47.4 Å². The summed E-state index contributed by atoms with van der Waals surface area (Å²) in [6.45, 7) is 2.21. The summed E-state index contributed by atoms with van der Waals surface area (Å²) in [6.07, 6.45) is 3.31. The van der Waals surface area contributed by atoms with Crippen LogP contribution >= 0.6 is 11.6 Å². The van der Waals surface area contributed by atoms with Gasteiger partial charge >= 0.3 is 0 Å². The van der Waals surface area contributed by atoms with Crippen molar-refractivity contribution in [2.75, 3.05) is 26.2 Å². The SMILES string of the molecule is O=C(C1CCNCC1)N(CCOc1cccc(F)c1)[C@@H](c1ccc(Cl)cc1)c1ccccn1. The van der Waals surface area contributed by atoms with E-state index in [0.717, 1.165) is 37.2 Å². The summed E-state index contributed by atoms with van der Waals surface area (Å²) in [7, 11) is 0. The number of piperidine rings is 1. The number of nitrogens with zero attached hydrogens (tertiary/aromatic N) is 2. The van der Waals surface area contributed by atoms with Crippen molar-refractivity contribution >= 4 is 17.5 Å². The molecule has 0 saturated carbocycles. The number of ether oxygens (including phenoxy) is 1. The third-order valence-electron chi connectivity index (χ3n) is 5.83. The fourth-order valence-corrected chi connectivity index (χ4v) is 4.31. The summed E-state index contributed by atoms with van der Waals surface area (Å²) in [4.78, 5) is 20.2. The number of amides is 1. The highest BCUT2D eigenvalue weighted by molar-refractivity contribution is 6.30. The second-order valence-corrected chi connectivity index (χ2v) is 8.51. The molecule has 1 aliphatic rings. The summed E-state index contributed by atoms with van der Waals surface area (Å²) in [6, 6.07) is 18.8. The Morgan fingerprint density at radius 3 is 2.61 bits per heavy atom. The monoisotopic (exact) mass is 467 g/mol. The highest BCUT2D eigenvalue weighted by Gasteiger charge is 2.33. The molecule has 7 heteroatoms. The Kier molecular flexibility index (Phi) is 7.92. The highest BCUT2D eigenvalue weighted by atomic mass is 35.5. The maximum atomic E-state index is 13.8.